The number of nitrogens with one attached hydrogen (secondary N) is 1. The van der Waals surface area contributed by atoms with Gasteiger partial charge in [-0.25, -0.2) is 0 Å². The molecule has 0 unspecified atom stereocenters. The van der Waals surface area contributed by atoms with Crippen LogP contribution < -0.4 is 11.1 Å². The molecule has 3 N–H and O–H groups in total. The van der Waals surface area contributed by atoms with Gasteiger partial charge in [-0.3, -0.25) is 0 Å². The normalized spacial score (nSPS) is 10.7. The molecule has 0 radical (unpaired) electrons. The predicted octanol–water partition coefficient (Wildman–Crippen LogP) is 0.414. The topological polar surface area (TPSA) is 38.0 Å². The fraction of sp³-hybridized carbons (Fsp3) is 0.600. The van der Waals surface area contributed by atoms with Gasteiger partial charge in [0.25, 0.3) is 0 Å². The first-order chi connectivity index (χ1) is 3.27. The summed E-state index contributed by atoms with van der Waals surface area (Å²) in [6.45, 7) is 4.11. The molecule has 0 saturated heterocycles. The lowest BCUT2D eigenvalue weighted by atomic mass is 10.4. The first kappa shape index (κ1) is 6.34. The molecule has 7 heavy (non-hydrogen) atoms. The van der Waals surface area contributed by atoms with E-state index in [0.29, 0.717) is 6.04 Å². The number of hydrogen-bond acceptors (Lipinski definition) is 2. The highest BCUT2D eigenvalue weighted by atomic mass is 14.9. The van der Waals surface area contributed by atoms with Crippen molar-refractivity contribution >= 4 is 0 Å². The summed E-state index contributed by atoms with van der Waals surface area (Å²) in [7, 11) is 0. The van der Waals surface area contributed by atoms with Crippen molar-refractivity contribution < 1.29 is 0 Å². The summed E-state index contributed by atoms with van der Waals surface area (Å²) in [5, 5.41) is 2.99. The van der Waals surface area contributed by atoms with Crippen molar-refractivity contribution in [3.8, 4) is 0 Å². The average Bonchev–Trinajstić information content (AvgIpc) is 1.61. The van der Waals surface area contributed by atoms with Crippen LogP contribution in [0.4, 0.5) is 0 Å². The molecule has 42 valence electrons. The highest BCUT2D eigenvalue weighted by Crippen LogP contribution is 1.72. The van der Waals surface area contributed by atoms with E-state index in [1.165, 1.54) is 6.20 Å². The van der Waals surface area contributed by atoms with Crippen molar-refractivity contribution in [2.75, 3.05) is 0 Å². The zero-order chi connectivity index (χ0) is 5.70. The molecule has 0 saturated carbocycles. The van der Waals surface area contributed by atoms with Gasteiger partial charge in [-0.1, -0.05) is 0 Å². The minimum atomic E-state index is 0.486. The Morgan fingerprint density at radius 3 is 2.29 bits per heavy atom. The molecule has 0 bridgehead atoms. The summed E-state index contributed by atoms with van der Waals surface area (Å²) in [4.78, 5) is 0. The van der Waals surface area contributed by atoms with Crippen LogP contribution in [0.2, 0.25) is 0 Å². The highest BCUT2D eigenvalue weighted by Gasteiger charge is 1.79. The molecular formula is C5H12N2. The van der Waals surface area contributed by atoms with Crippen LogP contribution in [-0.2, 0) is 0 Å². The maximum absolute atomic E-state index is 5.03. The van der Waals surface area contributed by atoms with E-state index in [1.807, 2.05) is 0 Å². The Labute approximate surface area is 44.4 Å². The smallest absolute Gasteiger partial charge is 0.0199 e. The molecule has 0 aromatic carbocycles. The Hall–Kier alpha value is -0.660. The standard InChI is InChI=1S/C5H12N2/c1-5(2)7-4-3-6/h3-5,7H,6H2,1-2H3/b4-3+. The van der Waals surface area contributed by atoms with Gasteiger partial charge >= 0.3 is 0 Å². The second kappa shape index (κ2) is 3.53. The Bertz CT molecular complexity index is 57.1. The molecule has 0 spiro atoms. The SMILES string of the molecule is CC(C)N/C=C/N. The Morgan fingerprint density at radius 2 is 2.14 bits per heavy atom. The van der Waals surface area contributed by atoms with Gasteiger partial charge < -0.3 is 11.1 Å². The molecule has 0 heterocycles. The van der Waals surface area contributed by atoms with Crippen LogP contribution in [0.5, 0.6) is 0 Å². The zero-order valence-electron chi connectivity index (χ0n) is 4.81. The first-order valence-corrected chi connectivity index (χ1v) is 2.40. The minimum Gasteiger partial charge on any atom is -0.403 e. The van der Waals surface area contributed by atoms with Crippen molar-refractivity contribution in [2.24, 2.45) is 5.73 Å². The molecule has 0 aromatic rings. The molecule has 0 aromatic heterocycles. The van der Waals surface area contributed by atoms with Crippen LogP contribution in [-0.4, -0.2) is 6.04 Å². The molecule has 0 aliphatic heterocycles. The molecule has 2 nitrogen and oxygen atoms in total. The van der Waals surface area contributed by atoms with Gasteiger partial charge in [-0.05, 0) is 13.8 Å². The maximum Gasteiger partial charge on any atom is 0.0199 e. The number of rotatable bonds is 2. The van der Waals surface area contributed by atoms with Crippen LogP contribution >= 0.6 is 0 Å². The fourth-order valence-electron chi connectivity index (χ4n) is 0.248. The van der Waals surface area contributed by atoms with E-state index in [0.717, 1.165) is 0 Å². The van der Waals surface area contributed by atoms with Gasteiger partial charge in [0.2, 0.25) is 0 Å². The lowest BCUT2D eigenvalue weighted by molar-refractivity contribution is 0.701. The summed E-state index contributed by atoms with van der Waals surface area (Å²) in [6, 6.07) is 0.486. The molecule has 0 atom stereocenters. The van der Waals surface area contributed by atoms with Crippen LogP contribution in [0.25, 0.3) is 0 Å². The Balaban J connectivity index is 2.97. The van der Waals surface area contributed by atoms with E-state index in [2.05, 4.69) is 19.2 Å². The van der Waals surface area contributed by atoms with Gasteiger partial charge in [0.1, 0.15) is 0 Å². The maximum atomic E-state index is 5.03. The van der Waals surface area contributed by atoms with Crippen molar-refractivity contribution in [3.63, 3.8) is 0 Å². The van der Waals surface area contributed by atoms with Gasteiger partial charge in [-0.15, -0.1) is 0 Å². The van der Waals surface area contributed by atoms with E-state index >= 15 is 0 Å². The van der Waals surface area contributed by atoms with Crippen LogP contribution in [0.1, 0.15) is 13.8 Å². The first-order valence-electron chi connectivity index (χ1n) is 2.40. The molecule has 0 aliphatic rings. The Morgan fingerprint density at radius 1 is 1.57 bits per heavy atom. The quantitative estimate of drug-likeness (QED) is 0.527. The van der Waals surface area contributed by atoms with Crippen LogP contribution in [0.15, 0.2) is 12.4 Å². The van der Waals surface area contributed by atoms with Gasteiger partial charge in [-0.2, -0.15) is 0 Å². The molecule has 0 rings (SSSR count). The van der Waals surface area contributed by atoms with Gasteiger partial charge in [0, 0.05) is 18.4 Å². The predicted molar refractivity (Wildman–Crippen MR) is 31.6 cm³/mol. The second-order valence-electron chi connectivity index (χ2n) is 1.68. The number of hydrogen-bond donors (Lipinski definition) is 2. The van der Waals surface area contributed by atoms with Crippen molar-refractivity contribution in [2.45, 2.75) is 19.9 Å². The molecular weight excluding hydrogens is 88.1 g/mol. The van der Waals surface area contributed by atoms with E-state index in [-0.39, 0.29) is 0 Å². The summed E-state index contributed by atoms with van der Waals surface area (Å²) < 4.78 is 0. The lowest BCUT2D eigenvalue weighted by Crippen LogP contribution is -2.15. The highest BCUT2D eigenvalue weighted by molar-refractivity contribution is 4.73. The van der Waals surface area contributed by atoms with E-state index in [4.69, 9.17) is 5.73 Å². The van der Waals surface area contributed by atoms with Crippen molar-refractivity contribution in [3.05, 3.63) is 12.4 Å². The monoisotopic (exact) mass is 100 g/mol. The molecule has 0 aliphatic carbocycles. The van der Waals surface area contributed by atoms with Gasteiger partial charge in [0.15, 0.2) is 0 Å². The van der Waals surface area contributed by atoms with Crippen molar-refractivity contribution in [1.29, 1.82) is 0 Å². The zero-order valence-corrected chi connectivity index (χ0v) is 4.81. The van der Waals surface area contributed by atoms with E-state index in [9.17, 15) is 0 Å². The minimum absolute atomic E-state index is 0.486. The van der Waals surface area contributed by atoms with Crippen molar-refractivity contribution in [1.82, 2.24) is 5.32 Å². The van der Waals surface area contributed by atoms with Crippen LogP contribution in [0.3, 0.4) is 0 Å². The number of nitrogens with two attached hydrogens (primary N) is 1. The summed E-state index contributed by atoms with van der Waals surface area (Å²) >= 11 is 0. The molecule has 0 fully saturated rings. The average molecular weight is 100 g/mol. The summed E-state index contributed by atoms with van der Waals surface area (Å²) in [5.74, 6) is 0. The Kier molecular flexibility index (Phi) is 3.19. The third-order valence-corrected chi connectivity index (χ3v) is 0.526. The third-order valence-electron chi connectivity index (χ3n) is 0.526. The lowest BCUT2D eigenvalue weighted by Gasteiger charge is -2.00. The summed E-state index contributed by atoms with van der Waals surface area (Å²) in [6.07, 6.45) is 3.21. The largest absolute Gasteiger partial charge is 0.403 e. The van der Waals surface area contributed by atoms with E-state index in [1.54, 1.807) is 6.20 Å². The molecule has 2 heteroatoms. The van der Waals surface area contributed by atoms with Gasteiger partial charge in [0.05, 0.1) is 0 Å². The summed E-state index contributed by atoms with van der Waals surface area (Å²) in [5.41, 5.74) is 5.03. The fourth-order valence-corrected chi connectivity index (χ4v) is 0.248. The second-order valence-corrected chi connectivity index (χ2v) is 1.68. The molecule has 0 amide bonds. The van der Waals surface area contributed by atoms with E-state index < -0.39 is 0 Å². The van der Waals surface area contributed by atoms with Crippen LogP contribution in [0, 0.1) is 0 Å². The third kappa shape index (κ3) is 5.34.